The zero-order chi connectivity index (χ0) is 14.7. The van der Waals surface area contributed by atoms with Crippen LogP contribution in [0.2, 0.25) is 0 Å². The van der Waals surface area contributed by atoms with Gasteiger partial charge in [0.25, 0.3) is 5.69 Å². The lowest BCUT2D eigenvalue weighted by Crippen LogP contribution is -2.09. The van der Waals surface area contributed by atoms with Gasteiger partial charge in [-0.15, -0.1) is 0 Å². The van der Waals surface area contributed by atoms with Crippen LogP contribution < -0.4 is 5.32 Å². The first-order chi connectivity index (χ1) is 9.49. The quantitative estimate of drug-likeness (QED) is 0.642. The number of halogens is 1. The summed E-state index contributed by atoms with van der Waals surface area (Å²) in [6.07, 6.45) is 0. The summed E-state index contributed by atoms with van der Waals surface area (Å²) in [7, 11) is 0. The van der Waals surface area contributed by atoms with Crippen molar-refractivity contribution in [1.82, 2.24) is 0 Å². The van der Waals surface area contributed by atoms with Gasteiger partial charge in [-0.25, -0.2) is 0 Å². The second-order valence-corrected chi connectivity index (χ2v) is 5.52. The molecule has 0 saturated carbocycles. The maximum Gasteiger partial charge on any atom is 0.292 e. The summed E-state index contributed by atoms with van der Waals surface area (Å²) < 4.78 is 0.981. The van der Waals surface area contributed by atoms with Crippen molar-refractivity contribution in [2.75, 3.05) is 5.32 Å². The fourth-order valence-corrected chi connectivity index (χ4v) is 2.68. The van der Waals surface area contributed by atoms with Gasteiger partial charge < -0.3 is 5.32 Å². The van der Waals surface area contributed by atoms with Gasteiger partial charge >= 0.3 is 0 Å². The minimum atomic E-state index is -0.359. The largest absolute Gasteiger partial charge is 0.373 e. The van der Waals surface area contributed by atoms with Crippen LogP contribution >= 0.6 is 15.9 Å². The average Bonchev–Trinajstić information content (AvgIpc) is 2.41. The van der Waals surface area contributed by atoms with Gasteiger partial charge in [-0.3, -0.25) is 10.1 Å². The Hall–Kier alpha value is -1.88. The standard InChI is InChI=1S/C15H15BrN2O2/c1-10-7-8-14(15(9-10)18(19)20)17-11(2)12-5-3-4-6-13(12)16/h3-9,11,17H,1-2H3. The van der Waals surface area contributed by atoms with Crippen molar-refractivity contribution in [3.05, 3.63) is 68.2 Å². The lowest BCUT2D eigenvalue weighted by atomic mass is 10.1. The van der Waals surface area contributed by atoms with Crippen molar-refractivity contribution in [3.8, 4) is 0 Å². The maximum absolute atomic E-state index is 11.1. The van der Waals surface area contributed by atoms with Gasteiger partial charge in [0.05, 0.1) is 4.92 Å². The van der Waals surface area contributed by atoms with E-state index in [1.54, 1.807) is 12.1 Å². The topological polar surface area (TPSA) is 55.2 Å². The molecule has 0 aliphatic rings. The third-order valence-corrected chi connectivity index (χ3v) is 3.82. The van der Waals surface area contributed by atoms with E-state index in [1.165, 1.54) is 0 Å². The van der Waals surface area contributed by atoms with Gasteiger partial charge in [-0.05, 0) is 37.1 Å². The van der Waals surface area contributed by atoms with Crippen LogP contribution in [-0.4, -0.2) is 4.92 Å². The fraction of sp³-hybridized carbons (Fsp3) is 0.200. The molecule has 4 nitrogen and oxygen atoms in total. The first-order valence-corrected chi connectivity index (χ1v) is 7.04. The normalized spacial score (nSPS) is 11.9. The molecule has 2 aromatic rings. The molecule has 0 heterocycles. The Morgan fingerprint density at radius 3 is 2.60 bits per heavy atom. The van der Waals surface area contributed by atoms with Crippen LogP contribution in [0.15, 0.2) is 46.9 Å². The van der Waals surface area contributed by atoms with Crippen molar-refractivity contribution in [1.29, 1.82) is 0 Å². The minimum absolute atomic E-state index is 0.0352. The van der Waals surface area contributed by atoms with E-state index in [0.29, 0.717) is 5.69 Å². The SMILES string of the molecule is Cc1ccc(NC(C)c2ccccc2Br)c([N+](=O)[O-])c1. The minimum Gasteiger partial charge on any atom is -0.373 e. The molecule has 0 saturated heterocycles. The van der Waals surface area contributed by atoms with Gasteiger partial charge in [0.2, 0.25) is 0 Å². The molecular weight excluding hydrogens is 320 g/mol. The van der Waals surface area contributed by atoms with E-state index in [1.807, 2.05) is 44.2 Å². The molecule has 0 aliphatic carbocycles. The highest BCUT2D eigenvalue weighted by Crippen LogP contribution is 2.31. The number of nitrogens with one attached hydrogen (secondary N) is 1. The molecule has 1 unspecified atom stereocenters. The van der Waals surface area contributed by atoms with E-state index in [9.17, 15) is 10.1 Å². The molecule has 0 amide bonds. The van der Waals surface area contributed by atoms with E-state index in [0.717, 1.165) is 15.6 Å². The Bertz CT molecular complexity index is 644. The number of nitro groups is 1. The van der Waals surface area contributed by atoms with Crippen LogP contribution in [0, 0.1) is 17.0 Å². The van der Waals surface area contributed by atoms with Gasteiger partial charge in [-0.1, -0.05) is 40.2 Å². The summed E-state index contributed by atoms with van der Waals surface area (Å²) in [5.41, 5.74) is 2.56. The van der Waals surface area contributed by atoms with Crippen molar-refractivity contribution in [2.24, 2.45) is 0 Å². The Morgan fingerprint density at radius 1 is 1.25 bits per heavy atom. The van der Waals surface area contributed by atoms with Crippen molar-refractivity contribution >= 4 is 27.3 Å². The number of hydrogen-bond acceptors (Lipinski definition) is 3. The molecule has 0 aromatic heterocycles. The summed E-state index contributed by atoms with van der Waals surface area (Å²) in [6.45, 7) is 3.82. The molecular formula is C15H15BrN2O2. The highest BCUT2D eigenvalue weighted by atomic mass is 79.9. The molecule has 0 fully saturated rings. The van der Waals surface area contributed by atoms with E-state index in [2.05, 4.69) is 21.2 Å². The predicted octanol–water partition coefficient (Wildman–Crippen LogP) is 4.84. The molecule has 0 bridgehead atoms. The monoisotopic (exact) mass is 334 g/mol. The number of benzene rings is 2. The summed E-state index contributed by atoms with van der Waals surface area (Å²) >= 11 is 3.50. The summed E-state index contributed by atoms with van der Waals surface area (Å²) in [6, 6.07) is 13.0. The Morgan fingerprint density at radius 2 is 1.95 bits per heavy atom. The van der Waals surface area contributed by atoms with E-state index >= 15 is 0 Å². The summed E-state index contributed by atoms with van der Waals surface area (Å²) in [5.74, 6) is 0. The number of nitro benzene ring substituents is 1. The number of anilines is 1. The van der Waals surface area contributed by atoms with Gasteiger partial charge in [-0.2, -0.15) is 0 Å². The van der Waals surface area contributed by atoms with Crippen molar-refractivity contribution < 1.29 is 4.92 Å². The second kappa shape index (κ2) is 6.05. The van der Waals surface area contributed by atoms with Crippen LogP contribution in [0.4, 0.5) is 11.4 Å². The van der Waals surface area contributed by atoms with Crippen LogP contribution in [0.1, 0.15) is 24.1 Å². The van der Waals surface area contributed by atoms with Gasteiger partial charge in [0.1, 0.15) is 5.69 Å². The van der Waals surface area contributed by atoms with Crippen LogP contribution in [0.25, 0.3) is 0 Å². The van der Waals surface area contributed by atoms with Crippen LogP contribution in [0.3, 0.4) is 0 Å². The zero-order valence-electron chi connectivity index (χ0n) is 11.3. The Kier molecular flexibility index (Phi) is 4.39. The van der Waals surface area contributed by atoms with Gasteiger partial charge in [0, 0.05) is 16.6 Å². The number of hydrogen-bond donors (Lipinski definition) is 1. The highest BCUT2D eigenvalue weighted by Gasteiger charge is 2.17. The molecule has 5 heteroatoms. The predicted molar refractivity (Wildman–Crippen MR) is 84.0 cm³/mol. The smallest absolute Gasteiger partial charge is 0.292 e. The van der Waals surface area contributed by atoms with Gasteiger partial charge in [0.15, 0.2) is 0 Å². The molecule has 1 atom stereocenters. The molecule has 0 radical (unpaired) electrons. The third kappa shape index (κ3) is 3.17. The number of aryl methyl sites for hydroxylation is 1. The lowest BCUT2D eigenvalue weighted by molar-refractivity contribution is -0.384. The molecule has 1 N–H and O–H groups in total. The average molecular weight is 335 g/mol. The molecule has 2 rings (SSSR count). The maximum atomic E-state index is 11.1. The highest BCUT2D eigenvalue weighted by molar-refractivity contribution is 9.10. The van der Waals surface area contributed by atoms with Crippen LogP contribution in [0.5, 0.6) is 0 Å². The number of nitrogens with zero attached hydrogens (tertiary/aromatic N) is 1. The van der Waals surface area contributed by atoms with Crippen molar-refractivity contribution in [3.63, 3.8) is 0 Å². The van der Waals surface area contributed by atoms with Crippen molar-refractivity contribution in [2.45, 2.75) is 19.9 Å². The lowest BCUT2D eigenvalue weighted by Gasteiger charge is -2.17. The van der Waals surface area contributed by atoms with Crippen LogP contribution in [-0.2, 0) is 0 Å². The zero-order valence-corrected chi connectivity index (χ0v) is 12.8. The molecule has 2 aromatic carbocycles. The first kappa shape index (κ1) is 14.5. The molecule has 20 heavy (non-hydrogen) atoms. The van der Waals surface area contributed by atoms with E-state index < -0.39 is 0 Å². The number of rotatable bonds is 4. The second-order valence-electron chi connectivity index (χ2n) is 4.67. The molecule has 0 spiro atoms. The third-order valence-electron chi connectivity index (χ3n) is 3.09. The Labute approximate surface area is 126 Å². The fourth-order valence-electron chi connectivity index (χ4n) is 2.05. The van der Waals surface area contributed by atoms with E-state index in [-0.39, 0.29) is 16.7 Å². The Balaban J connectivity index is 2.31. The molecule has 104 valence electrons. The summed E-state index contributed by atoms with van der Waals surface area (Å²) in [5, 5.41) is 14.3. The first-order valence-electron chi connectivity index (χ1n) is 6.25. The summed E-state index contributed by atoms with van der Waals surface area (Å²) in [4.78, 5) is 10.8. The van der Waals surface area contributed by atoms with E-state index in [4.69, 9.17) is 0 Å². The molecule has 0 aliphatic heterocycles.